The molecule has 0 amide bonds. The van der Waals surface area contributed by atoms with Crippen molar-refractivity contribution in [3.63, 3.8) is 0 Å². The van der Waals surface area contributed by atoms with Crippen molar-refractivity contribution in [1.82, 2.24) is 10.2 Å². The second-order valence-electron chi connectivity index (χ2n) is 4.81. The molecule has 1 fully saturated rings. The second-order valence-corrected chi connectivity index (χ2v) is 5.60. The van der Waals surface area contributed by atoms with Crippen LogP contribution in [0.1, 0.15) is 24.4 Å². The van der Waals surface area contributed by atoms with Gasteiger partial charge in [0.25, 0.3) is 0 Å². The van der Waals surface area contributed by atoms with Crippen LogP contribution in [-0.2, 0) is 0 Å². The first-order valence-corrected chi connectivity index (χ1v) is 7.53. The first-order chi connectivity index (χ1) is 9.24. The van der Waals surface area contributed by atoms with Crippen molar-refractivity contribution in [3.8, 4) is 0 Å². The van der Waals surface area contributed by atoms with Crippen molar-refractivity contribution >= 4 is 15.9 Å². The van der Waals surface area contributed by atoms with E-state index in [1.54, 1.807) is 6.07 Å². The van der Waals surface area contributed by atoms with Crippen LogP contribution in [0.4, 0.5) is 4.39 Å². The summed E-state index contributed by atoms with van der Waals surface area (Å²) in [6.07, 6.45) is 1.58. The largest absolute Gasteiger partial charge is 0.396 e. The normalized spacial score (nSPS) is 18.5. The first kappa shape index (κ1) is 14.9. The van der Waals surface area contributed by atoms with Crippen LogP contribution in [-0.4, -0.2) is 42.8 Å². The van der Waals surface area contributed by atoms with E-state index >= 15 is 0 Å². The molecular formula is C14H20BrFN2O. The van der Waals surface area contributed by atoms with Gasteiger partial charge in [0.2, 0.25) is 0 Å². The van der Waals surface area contributed by atoms with Gasteiger partial charge in [-0.25, -0.2) is 4.39 Å². The van der Waals surface area contributed by atoms with Gasteiger partial charge in [-0.15, -0.1) is 0 Å². The van der Waals surface area contributed by atoms with E-state index in [2.05, 4.69) is 26.1 Å². The Kier molecular flexibility index (Phi) is 5.76. The van der Waals surface area contributed by atoms with E-state index in [9.17, 15) is 4.39 Å². The molecule has 1 saturated heterocycles. The summed E-state index contributed by atoms with van der Waals surface area (Å²) in [5.74, 6) is -0.221. The number of hydrogen-bond donors (Lipinski definition) is 2. The fourth-order valence-electron chi connectivity index (χ4n) is 2.59. The van der Waals surface area contributed by atoms with E-state index in [1.165, 1.54) is 6.07 Å². The average Bonchev–Trinajstić information content (AvgIpc) is 2.45. The summed E-state index contributed by atoms with van der Waals surface area (Å²) in [6, 6.07) is 5.36. The van der Waals surface area contributed by atoms with Crippen LogP contribution in [0.2, 0.25) is 0 Å². The van der Waals surface area contributed by atoms with Gasteiger partial charge in [0.1, 0.15) is 5.82 Å². The molecule has 0 aromatic heterocycles. The fourth-order valence-corrected chi connectivity index (χ4v) is 3.12. The van der Waals surface area contributed by atoms with Crippen LogP contribution in [0.3, 0.4) is 0 Å². The highest BCUT2D eigenvalue weighted by molar-refractivity contribution is 9.10. The molecule has 1 aromatic carbocycles. The van der Waals surface area contributed by atoms with Crippen molar-refractivity contribution < 1.29 is 9.50 Å². The maximum atomic E-state index is 13.7. The molecule has 1 heterocycles. The Labute approximate surface area is 121 Å². The van der Waals surface area contributed by atoms with Gasteiger partial charge in [0.05, 0.1) is 4.47 Å². The zero-order chi connectivity index (χ0) is 13.7. The van der Waals surface area contributed by atoms with Crippen molar-refractivity contribution in [1.29, 1.82) is 0 Å². The highest BCUT2D eigenvalue weighted by atomic mass is 79.9. The van der Waals surface area contributed by atoms with Gasteiger partial charge in [-0.2, -0.15) is 0 Å². The molecule has 19 heavy (non-hydrogen) atoms. The van der Waals surface area contributed by atoms with Gasteiger partial charge in [0, 0.05) is 38.8 Å². The fraction of sp³-hybridized carbons (Fsp3) is 0.571. The molecule has 1 atom stereocenters. The first-order valence-electron chi connectivity index (χ1n) is 6.73. The Morgan fingerprint density at radius 2 is 2.11 bits per heavy atom. The molecule has 106 valence electrons. The summed E-state index contributed by atoms with van der Waals surface area (Å²) < 4.78 is 14.3. The van der Waals surface area contributed by atoms with Crippen LogP contribution in [0.5, 0.6) is 0 Å². The summed E-state index contributed by atoms with van der Waals surface area (Å²) in [4.78, 5) is 2.37. The lowest BCUT2D eigenvalue weighted by Gasteiger charge is -2.35. The summed E-state index contributed by atoms with van der Waals surface area (Å²) >= 11 is 3.36. The summed E-state index contributed by atoms with van der Waals surface area (Å²) in [6.45, 7) is 4.01. The zero-order valence-corrected chi connectivity index (χ0v) is 12.5. The molecule has 3 nitrogen and oxygen atoms in total. The van der Waals surface area contributed by atoms with E-state index in [4.69, 9.17) is 5.11 Å². The minimum Gasteiger partial charge on any atom is -0.396 e. The van der Waals surface area contributed by atoms with Crippen LogP contribution in [0, 0.1) is 5.82 Å². The van der Waals surface area contributed by atoms with Crippen LogP contribution >= 0.6 is 15.9 Å². The monoisotopic (exact) mass is 330 g/mol. The Bertz CT molecular complexity index is 410. The zero-order valence-electron chi connectivity index (χ0n) is 10.9. The molecule has 0 unspecified atom stereocenters. The van der Waals surface area contributed by atoms with Gasteiger partial charge in [-0.3, -0.25) is 4.90 Å². The third kappa shape index (κ3) is 3.75. The smallest absolute Gasteiger partial charge is 0.137 e. The van der Waals surface area contributed by atoms with Gasteiger partial charge in [-0.05, 0) is 40.4 Å². The lowest BCUT2D eigenvalue weighted by atomic mass is 9.99. The number of rotatable bonds is 5. The summed E-state index contributed by atoms with van der Waals surface area (Å²) in [7, 11) is 0. The number of aliphatic hydroxyl groups is 1. The van der Waals surface area contributed by atoms with E-state index < -0.39 is 0 Å². The highest BCUT2D eigenvalue weighted by Crippen LogP contribution is 2.33. The summed E-state index contributed by atoms with van der Waals surface area (Å²) in [5, 5.41) is 12.4. The SMILES string of the molecule is OCCC[C@H](c1cccc(F)c1Br)N1CCNCC1. The number of halogens is 2. The van der Waals surface area contributed by atoms with E-state index in [-0.39, 0.29) is 18.5 Å². The molecule has 2 N–H and O–H groups in total. The molecule has 0 spiro atoms. The van der Waals surface area contributed by atoms with E-state index in [0.717, 1.165) is 44.6 Å². The minimum atomic E-state index is -0.221. The number of aliphatic hydroxyl groups excluding tert-OH is 1. The Hall–Kier alpha value is -0.490. The maximum absolute atomic E-state index is 13.7. The topological polar surface area (TPSA) is 35.5 Å². The van der Waals surface area contributed by atoms with Crippen LogP contribution in [0.15, 0.2) is 22.7 Å². The molecule has 0 aliphatic carbocycles. The molecule has 0 saturated carbocycles. The quantitative estimate of drug-likeness (QED) is 0.869. The van der Waals surface area contributed by atoms with Crippen molar-refractivity contribution in [2.24, 2.45) is 0 Å². The Morgan fingerprint density at radius 3 is 2.79 bits per heavy atom. The average molecular weight is 331 g/mol. The number of hydrogen-bond acceptors (Lipinski definition) is 3. The van der Waals surface area contributed by atoms with E-state index in [1.807, 2.05) is 6.07 Å². The van der Waals surface area contributed by atoms with Crippen LogP contribution < -0.4 is 5.32 Å². The molecule has 0 bridgehead atoms. The lowest BCUT2D eigenvalue weighted by molar-refractivity contribution is 0.154. The molecule has 5 heteroatoms. The standard InChI is InChI=1S/C14H20BrFN2O/c15-14-11(3-1-4-12(14)16)13(5-2-10-19)18-8-6-17-7-9-18/h1,3-4,13,17,19H,2,5-10H2/t13-/m1/s1. The third-order valence-electron chi connectivity index (χ3n) is 3.57. The van der Waals surface area contributed by atoms with Crippen LogP contribution in [0.25, 0.3) is 0 Å². The Morgan fingerprint density at radius 1 is 1.37 bits per heavy atom. The number of nitrogens with zero attached hydrogens (tertiary/aromatic N) is 1. The number of piperazine rings is 1. The highest BCUT2D eigenvalue weighted by Gasteiger charge is 2.24. The van der Waals surface area contributed by atoms with Gasteiger partial charge in [0.15, 0.2) is 0 Å². The number of nitrogens with one attached hydrogen (secondary N) is 1. The van der Waals surface area contributed by atoms with Crippen molar-refractivity contribution in [3.05, 3.63) is 34.1 Å². The Balaban J connectivity index is 2.22. The van der Waals surface area contributed by atoms with Gasteiger partial charge < -0.3 is 10.4 Å². The minimum absolute atomic E-state index is 0.166. The molecule has 1 aromatic rings. The van der Waals surface area contributed by atoms with Crippen molar-refractivity contribution in [2.75, 3.05) is 32.8 Å². The lowest BCUT2D eigenvalue weighted by Crippen LogP contribution is -2.45. The summed E-state index contributed by atoms with van der Waals surface area (Å²) in [5.41, 5.74) is 0.982. The third-order valence-corrected chi connectivity index (χ3v) is 4.41. The van der Waals surface area contributed by atoms with Crippen molar-refractivity contribution in [2.45, 2.75) is 18.9 Å². The van der Waals surface area contributed by atoms with Gasteiger partial charge in [-0.1, -0.05) is 12.1 Å². The predicted molar refractivity (Wildman–Crippen MR) is 77.6 cm³/mol. The van der Waals surface area contributed by atoms with E-state index in [0.29, 0.717) is 4.47 Å². The molecule has 1 aliphatic heterocycles. The maximum Gasteiger partial charge on any atom is 0.137 e. The van der Waals surface area contributed by atoms with Gasteiger partial charge >= 0.3 is 0 Å². The predicted octanol–water partition coefficient (Wildman–Crippen LogP) is 2.31. The second kappa shape index (κ2) is 7.33. The molecule has 2 rings (SSSR count). The molecule has 0 radical (unpaired) electrons. The molecular weight excluding hydrogens is 311 g/mol. The number of benzene rings is 1. The molecule has 1 aliphatic rings.